The minimum absolute atomic E-state index is 0.00522. The predicted octanol–water partition coefficient (Wildman–Crippen LogP) is 6.36. The molecule has 47 heavy (non-hydrogen) atoms. The molecule has 3 amide bonds. The summed E-state index contributed by atoms with van der Waals surface area (Å²) in [6.07, 6.45) is 9.53. The van der Waals surface area contributed by atoms with E-state index in [4.69, 9.17) is 0 Å². The first-order chi connectivity index (χ1) is 22.7. The van der Waals surface area contributed by atoms with Crippen molar-refractivity contribution >= 4 is 29.1 Å². The van der Waals surface area contributed by atoms with E-state index in [1.54, 1.807) is 0 Å². The van der Waals surface area contributed by atoms with Crippen LogP contribution in [0.4, 0.5) is 20.2 Å². The van der Waals surface area contributed by atoms with Gasteiger partial charge in [0, 0.05) is 24.0 Å². The minimum Gasteiger partial charge on any atom is -0.325 e. The first-order valence-electron chi connectivity index (χ1n) is 17.1. The Morgan fingerprint density at radius 2 is 1.70 bits per heavy atom. The van der Waals surface area contributed by atoms with Crippen molar-refractivity contribution in [1.29, 1.82) is 0 Å². The molecule has 9 heteroatoms. The maximum Gasteiger partial charge on any atom is 0.244 e. The Kier molecular flexibility index (Phi) is 8.59. The molecule has 2 aliphatic carbocycles. The molecule has 2 aliphatic heterocycles. The lowest BCUT2D eigenvalue weighted by atomic mass is 9.78. The summed E-state index contributed by atoms with van der Waals surface area (Å²) in [5, 5.41) is 9.45. The van der Waals surface area contributed by atoms with Gasteiger partial charge < -0.3 is 20.9 Å². The molecule has 7 nitrogen and oxygen atoms in total. The number of nitrogens with zero attached hydrogens (tertiary/aromatic N) is 1. The molecule has 2 heterocycles. The van der Waals surface area contributed by atoms with Crippen LogP contribution in [0.25, 0.3) is 0 Å². The smallest absolute Gasteiger partial charge is 0.244 e. The molecule has 1 saturated carbocycles. The van der Waals surface area contributed by atoms with Gasteiger partial charge in [0.25, 0.3) is 0 Å². The Bertz CT molecular complexity index is 1700. The second kappa shape index (κ2) is 12.8. The number of halogens is 2. The fourth-order valence-corrected chi connectivity index (χ4v) is 8.43. The summed E-state index contributed by atoms with van der Waals surface area (Å²) in [6, 6.07) is 13.9. The van der Waals surface area contributed by atoms with Gasteiger partial charge in [-0.1, -0.05) is 69.7 Å². The van der Waals surface area contributed by atoms with Crippen LogP contribution in [0.3, 0.4) is 0 Å². The third-order valence-electron chi connectivity index (χ3n) is 10.8. The number of para-hydroxylation sites is 1. The molecule has 2 fully saturated rings. The van der Waals surface area contributed by atoms with Crippen LogP contribution in [-0.4, -0.2) is 41.8 Å². The van der Waals surface area contributed by atoms with E-state index in [9.17, 15) is 23.2 Å². The molecule has 1 saturated heterocycles. The fourth-order valence-electron chi connectivity index (χ4n) is 8.43. The van der Waals surface area contributed by atoms with Crippen molar-refractivity contribution in [3.63, 3.8) is 0 Å². The molecular formula is C38H42F2N4O3. The third-order valence-corrected chi connectivity index (χ3v) is 10.8. The standard InChI is InChI=1S/C38H42F2N4O3/c1-2-24-10-7-11-31-35(24)43-37(47)38(31)19-25-12-13-30(17-27(25)20-38)42-34(45)22-44-33(26-15-28(39)18-29(40)16-26)21-41-32(36(44)46)14-23-8-5-3-4-6-9-23/h7,10-13,15-18,23,32-33,41H,2-6,8-9,14,19-22H2,1H3,(H,42,45)(H,43,47). The van der Waals surface area contributed by atoms with Crippen molar-refractivity contribution in [3.8, 4) is 0 Å². The quantitative estimate of drug-likeness (QED) is 0.263. The van der Waals surface area contributed by atoms with Crippen LogP contribution < -0.4 is 16.0 Å². The van der Waals surface area contributed by atoms with Crippen LogP contribution in [0.15, 0.2) is 54.6 Å². The van der Waals surface area contributed by atoms with Gasteiger partial charge >= 0.3 is 0 Å². The van der Waals surface area contributed by atoms with Gasteiger partial charge in [-0.25, -0.2) is 8.78 Å². The van der Waals surface area contributed by atoms with E-state index < -0.39 is 29.1 Å². The zero-order valence-corrected chi connectivity index (χ0v) is 26.8. The number of fused-ring (bicyclic) bond motifs is 3. The van der Waals surface area contributed by atoms with Gasteiger partial charge in [0.1, 0.15) is 18.2 Å². The van der Waals surface area contributed by atoms with Crippen molar-refractivity contribution in [2.24, 2.45) is 5.92 Å². The molecule has 3 atom stereocenters. The first-order valence-corrected chi connectivity index (χ1v) is 17.1. The Hall–Kier alpha value is -4.11. The van der Waals surface area contributed by atoms with Gasteiger partial charge in [-0.15, -0.1) is 0 Å². The molecule has 246 valence electrons. The molecule has 0 bridgehead atoms. The Morgan fingerprint density at radius 3 is 2.45 bits per heavy atom. The monoisotopic (exact) mass is 640 g/mol. The van der Waals surface area contributed by atoms with Crippen LogP contribution in [0.5, 0.6) is 0 Å². The van der Waals surface area contributed by atoms with Gasteiger partial charge in [0.15, 0.2) is 0 Å². The third kappa shape index (κ3) is 6.06. The predicted molar refractivity (Wildman–Crippen MR) is 177 cm³/mol. The molecular weight excluding hydrogens is 598 g/mol. The first kappa shape index (κ1) is 31.5. The molecule has 4 aliphatic rings. The Labute approximate surface area is 274 Å². The minimum atomic E-state index is -0.724. The van der Waals surface area contributed by atoms with Crippen molar-refractivity contribution < 1.29 is 23.2 Å². The fraction of sp³-hybridized carbons (Fsp3) is 0.447. The van der Waals surface area contributed by atoms with E-state index in [0.29, 0.717) is 43.0 Å². The van der Waals surface area contributed by atoms with Crippen molar-refractivity contribution in [2.75, 3.05) is 23.7 Å². The van der Waals surface area contributed by atoms with Gasteiger partial charge in [-0.2, -0.15) is 0 Å². The lowest BCUT2D eigenvalue weighted by molar-refractivity contribution is -0.142. The average molecular weight is 641 g/mol. The van der Waals surface area contributed by atoms with Gasteiger partial charge in [-0.3, -0.25) is 14.4 Å². The van der Waals surface area contributed by atoms with E-state index in [2.05, 4.69) is 22.9 Å². The van der Waals surface area contributed by atoms with Crippen LogP contribution in [0.2, 0.25) is 0 Å². The van der Waals surface area contributed by atoms with Crippen LogP contribution in [-0.2, 0) is 39.1 Å². The van der Waals surface area contributed by atoms with E-state index >= 15 is 0 Å². The summed E-state index contributed by atoms with van der Waals surface area (Å²) in [6.45, 7) is 2.13. The summed E-state index contributed by atoms with van der Waals surface area (Å²) in [4.78, 5) is 42.4. The van der Waals surface area contributed by atoms with E-state index in [0.717, 1.165) is 66.1 Å². The van der Waals surface area contributed by atoms with Gasteiger partial charge in [0.05, 0.1) is 17.5 Å². The van der Waals surface area contributed by atoms with E-state index in [1.807, 2.05) is 36.4 Å². The van der Waals surface area contributed by atoms with Crippen molar-refractivity contribution in [3.05, 3.63) is 94.0 Å². The maximum absolute atomic E-state index is 14.3. The summed E-state index contributed by atoms with van der Waals surface area (Å²) in [7, 11) is 0. The second-order valence-corrected chi connectivity index (χ2v) is 13.9. The molecule has 0 aromatic heterocycles. The topological polar surface area (TPSA) is 90.5 Å². The normalized spacial score (nSPS) is 24.2. The second-order valence-electron chi connectivity index (χ2n) is 13.9. The molecule has 7 rings (SSSR count). The SMILES string of the molecule is CCc1cccc2c1NC(=O)C21Cc2ccc(NC(=O)CN3C(=O)C(CC4CCCCCC4)NCC3c3cc(F)cc(F)c3)cc2C1. The van der Waals surface area contributed by atoms with E-state index in [1.165, 1.54) is 29.9 Å². The molecule has 0 radical (unpaired) electrons. The summed E-state index contributed by atoms with van der Waals surface area (Å²) in [5.41, 5.74) is 5.37. The average Bonchev–Trinajstić information content (AvgIpc) is 3.42. The maximum atomic E-state index is 14.3. The number of hydrogen-bond donors (Lipinski definition) is 3. The lowest BCUT2D eigenvalue weighted by Gasteiger charge is -2.40. The number of anilines is 2. The highest BCUT2D eigenvalue weighted by Crippen LogP contribution is 2.49. The highest BCUT2D eigenvalue weighted by atomic mass is 19.1. The number of piperazine rings is 1. The van der Waals surface area contributed by atoms with Gasteiger partial charge in [0.2, 0.25) is 17.7 Å². The number of carbonyl (C=O) groups excluding carboxylic acids is 3. The molecule has 3 unspecified atom stereocenters. The highest BCUT2D eigenvalue weighted by molar-refractivity contribution is 6.08. The Morgan fingerprint density at radius 1 is 0.957 bits per heavy atom. The van der Waals surface area contributed by atoms with Crippen LogP contribution in [0, 0.1) is 17.6 Å². The highest BCUT2D eigenvalue weighted by Gasteiger charge is 2.51. The summed E-state index contributed by atoms with van der Waals surface area (Å²) >= 11 is 0. The molecule has 1 spiro atoms. The molecule has 3 aromatic rings. The number of amides is 3. The lowest BCUT2D eigenvalue weighted by Crippen LogP contribution is -2.58. The van der Waals surface area contributed by atoms with Crippen LogP contribution in [0.1, 0.15) is 85.7 Å². The number of aryl methyl sites for hydroxylation is 1. The summed E-state index contributed by atoms with van der Waals surface area (Å²) in [5.74, 6) is -1.63. The zero-order valence-electron chi connectivity index (χ0n) is 26.8. The Balaban J connectivity index is 1.09. The molecule has 3 aromatic carbocycles. The van der Waals surface area contributed by atoms with E-state index in [-0.39, 0.29) is 24.3 Å². The van der Waals surface area contributed by atoms with Gasteiger partial charge in [-0.05, 0) is 83.7 Å². The zero-order chi connectivity index (χ0) is 32.7. The molecule has 3 N–H and O–H groups in total. The number of rotatable bonds is 7. The van der Waals surface area contributed by atoms with Crippen molar-refractivity contribution in [2.45, 2.75) is 88.6 Å². The number of nitrogens with one attached hydrogen (secondary N) is 3. The van der Waals surface area contributed by atoms with Crippen LogP contribution >= 0.6 is 0 Å². The number of hydrogen-bond acceptors (Lipinski definition) is 4. The largest absolute Gasteiger partial charge is 0.325 e. The number of carbonyl (C=O) groups is 3. The summed E-state index contributed by atoms with van der Waals surface area (Å²) < 4.78 is 28.6. The number of benzene rings is 3. The van der Waals surface area contributed by atoms with Crippen molar-refractivity contribution in [1.82, 2.24) is 10.2 Å².